The zero-order valence-electron chi connectivity index (χ0n) is 20.9. The number of unbranched alkanes of at least 4 members (excludes halogenated alkanes) is 5. The lowest BCUT2D eigenvalue weighted by molar-refractivity contribution is -0.162. The van der Waals surface area contributed by atoms with Gasteiger partial charge in [0.25, 0.3) is 0 Å². The highest BCUT2D eigenvalue weighted by molar-refractivity contribution is 5.71. The largest absolute Gasteiger partial charge is 0.459 e. The van der Waals surface area contributed by atoms with E-state index in [2.05, 4.69) is 41.5 Å². The molecule has 0 spiro atoms. The summed E-state index contributed by atoms with van der Waals surface area (Å²) in [5.74, 6) is -0.261. The predicted molar refractivity (Wildman–Crippen MR) is 126 cm³/mol. The molecule has 0 N–H and O–H groups in total. The van der Waals surface area contributed by atoms with Crippen LogP contribution in [0.1, 0.15) is 144 Å². The van der Waals surface area contributed by atoms with Gasteiger partial charge in [0, 0.05) is 12.8 Å². The molecule has 0 aromatic heterocycles. The maximum absolute atomic E-state index is 12.4. The molecule has 0 atom stereocenters. The maximum Gasteiger partial charge on any atom is 0.306 e. The molecule has 0 rings (SSSR count). The van der Waals surface area contributed by atoms with Crippen LogP contribution < -0.4 is 0 Å². The summed E-state index contributed by atoms with van der Waals surface area (Å²) in [6.45, 7) is 12.8. The molecule has 0 aromatic rings. The topological polar surface area (TPSA) is 52.6 Å². The Hall–Kier alpha value is -1.06. The van der Waals surface area contributed by atoms with Gasteiger partial charge in [-0.25, -0.2) is 0 Å². The third-order valence-electron chi connectivity index (χ3n) is 5.97. The molecule has 0 amide bonds. The van der Waals surface area contributed by atoms with Crippen molar-refractivity contribution < 1.29 is 19.1 Å². The van der Waals surface area contributed by atoms with Gasteiger partial charge >= 0.3 is 11.9 Å². The lowest BCUT2D eigenvalue weighted by Gasteiger charge is -2.30. The fourth-order valence-electron chi connectivity index (χ4n) is 3.85. The molecular weight excluding hydrogens is 376 g/mol. The van der Waals surface area contributed by atoms with E-state index < -0.39 is 0 Å². The van der Waals surface area contributed by atoms with Crippen molar-refractivity contribution in [3.8, 4) is 0 Å². The first-order chi connectivity index (χ1) is 14.2. The van der Waals surface area contributed by atoms with Crippen LogP contribution in [0.2, 0.25) is 0 Å². The van der Waals surface area contributed by atoms with Gasteiger partial charge in [0.05, 0.1) is 0 Å². The monoisotopic (exact) mass is 426 g/mol. The number of carbonyl (C=O) groups excluding carboxylic acids is 2. The number of carbonyl (C=O) groups is 2. The molecule has 0 saturated heterocycles. The summed E-state index contributed by atoms with van der Waals surface area (Å²) in [6, 6.07) is 0. The number of esters is 2. The van der Waals surface area contributed by atoms with Crippen molar-refractivity contribution in [2.24, 2.45) is 0 Å². The normalized spacial score (nSPS) is 12.1. The van der Waals surface area contributed by atoms with Crippen LogP contribution in [0.4, 0.5) is 0 Å². The minimum absolute atomic E-state index is 0.131. The van der Waals surface area contributed by atoms with Crippen LogP contribution in [0.15, 0.2) is 0 Å². The van der Waals surface area contributed by atoms with Crippen LogP contribution in [-0.4, -0.2) is 23.1 Å². The molecule has 0 saturated carbocycles. The van der Waals surface area contributed by atoms with Crippen LogP contribution in [0.3, 0.4) is 0 Å². The van der Waals surface area contributed by atoms with Gasteiger partial charge in [-0.2, -0.15) is 0 Å². The van der Waals surface area contributed by atoms with Gasteiger partial charge in [0.2, 0.25) is 0 Å². The van der Waals surface area contributed by atoms with E-state index in [9.17, 15) is 9.59 Å². The molecule has 0 aromatic carbocycles. The van der Waals surface area contributed by atoms with Crippen LogP contribution in [0.25, 0.3) is 0 Å². The lowest BCUT2D eigenvalue weighted by Crippen LogP contribution is -2.32. The van der Waals surface area contributed by atoms with Crippen LogP contribution >= 0.6 is 0 Å². The molecular formula is C26H50O4. The molecule has 4 heteroatoms. The second kappa shape index (κ2) is 16.6. The minimum atomic E-state index is -0.345. The average Bonchev–Trinajstić information content (AvgIpc) is 2.71. The third-order valence-corrected chi connectivity index (χ3v) is 5.97. The van der Waals surface area contributed by atoms with Crippen molar-refractivity contribution in [3.63, 3.8) is 0 Å². The standard InChI is InChI=1S/C26H50O4/c1-7-11-19-25(5,20-12-8-2)29-23(27)17-15-16-18-24(28)30-26(6,21-13-9-3)22-14-10-4/h7-22H2,1-6H3. The zero-order valence-corrected chi connectivity index (χ0v) is 20.9. The Morgan fingerprint density at radius 1 is 0.533 bits per heavy atom. The fourth-order valence-corrected chi connectivity index (χ4v) is 3.85. The average molecular weight is 427 g/mol. The fraction of sp³-hybridized carbons (Fsp3) is 0.923. The van der Waals surface area contributed by atoms with Gasteiger partial charge in [0.1, 0.15) is 11.2 Å². The van der Waals surface area contributed by atoms with E-state index in [0.717, 1.165) is 77.0 Å². The Morgan fingerprint density at radius 3 is 1.03 bits per heavy atom. The predicted octanol–water partition coefficient (Wildman–Crippen LogP) is 7.91. The van der Waals surface area contributed by atoms with Crippen LogP contribution in [0.5, 0.6) is 0 Å². The smallest absolute Gasteiger partial charge is 0.306 e. The Balaban J connectivity index is 4.36. The lowest BCUT2D eigenvalue weighted by atomic mass is 9.92. The summed E-state index contributed by atoms with van der Waals surface area (Å²) in [4.78, 5) is 24.7. The molecule has 0 heterocycles. The van der Waals surface area contributed by atoms with E-state index in [1.54, 1.807) is 0 Å². The summed E-state index contributed by atoms with van der Waals surface area (Å²) in [7, 11) is 0. The Labute approximate surface area is 186 Å². The second-order valence-electron chi connectivity index (χ2n) is 9.47. The third kappa shape index (κ3) is 14.0. The molecule has 178 valence electrons. The molecule has 0 radical (unpaired) electrons. The van der Waals surface area contributed by atoms with Crippen molar-refractivity contribution in [1.82, 2.24) is 0 Å². The number of hydrogen-bond donors (Lipinski definition) is 0. The van der Waals surface area contributed by atoms with Gasteiger partial charge in [-0.3, -0.25) is 9.59 Å². The van der Waals surface area contributed by atoms with Gasteiger partial charge in [-0.05, 0) is 78.1 Å². The van der Waals surface area contributed by atoms with Gasteiger partial charge < -0.3 is 9.47 Å². The summed E-state index contributed by atoms with van der Waals surface area (Å²) in [5.41, 5.74) is -0.690. The van der Waals surface area contributed by atoms with E-state index in [1.165, 1.54) is 0 Å². The molecule has 0 unspecified atom stereocenters. The molecule has 30 heavy (non-hydrogen) atoms. The molecule has 4 nitrogen and oxygen atoms in total. The van der Waals surface area contributed by atoms with E-state index in [0.29, 0.717) is 25.7 Å². The van der Waals surface area contributed by atoms with Gasteiger partial charge in [-0.15, -0.1) is 0 Å². The Kier molecular flexibility index (Phi) is 16.0. The molecule has 0 aliphatic heterocycles. The van der Waals surface area contributed by atoms with Crippen molar-refractivity contribution in [2.45, 2.75) is 155 Å². The van der Waals surface area contributed by atoms with Crippen LogP contribution in [-0.2, 0) is 19.1 Å². The number of hydrogen-bond acceptors (Lipinski definition) is 4. The molecule has 0 bridgehead atoms. The molecule has 0 aliphatic carbocycles. The zero-order chi connectivity index (χ0) is 22.9. The highest BCUT2D eigenvalue weighted by Gasteiger charge is 2.28. The molecule has 0 aliphatic rings. The van der Waals surface area contributed by atoms with Gasteiger partial charge in [0.15, 0.2) is 0 Å². The summed E-state index contributed by atoms with van der Waals surface area (Å²) in [5, 5.41) is 0. The Bertz CT molecular complexity index is 400. The van der Waals surface area contributed by atoms with E-state index in [1.807, 2.05) is 0 Å². The second-order valence-corrected chi connectivity index (χ2v) is 9.47. The first kappa shape index (κ1) is 28.9. The van der Waals surface area contributed by atoms with Crippen LogP contribution in [0, 0.1) is 0 Å². The SMILES string of the molecule is CCCCC(C)(CCCC)OC(=O)CCCCC(=O)OC(C)(CCCC)CCCC. The van der Waals surface area contributed by atoms with Crippen molar-refractivity contribution in [1.29, 1.82) is 0 Å². The Morgan fingerprint density at radius 2 is 0.800 bits per heavy atom. The first-order valence-corrected chi connectivity index (χ1v) is 12.7. The van der Waals surface area contributed by atoms with Gasteiger partial charge in [-0.1, -0.05) is 53.4 Å². The van der Waals surface area contributed by atoms with Crippen molar-refractivity contribution in [2.75, 3.05) is 0 Å². The molecule has 0 fully saturated rings. The van der Waals surface area contributed by atoms with Crippen molar-refractivity contribution >= 4 is 11.9 Å². The quantitative estimate of drug-likeness (QED) is 0.155. The van der Waals surface area contributed by atoms with Crippen molar-refractivity contribution in [3.05, 3.63) is 0 Å². The first-order valence-electron chi connectivity index (χ1n) is 12.7. The highest BCUT2D eigenvalue weighted by atomic mass is 16.6. The summed E-state index contributed by atoms with van der Waals surface area (Å²) >= 11 is 0. The maximum atomic E-state index is 12.4. The van der Waals surface area contributed by atoms with E-state index in [4.69, 9.17) is 9.47 Å². The highest BCUT2D eigenvalue weighted by Crippen LogP contribution is 2.28. The van der Waals surface area contributed by atoms with E-state index in [-0.39, 0.29) is 23.1 Å². The van der Waals surface area contributed by atoms with E-state index >= 15 is 0 Å². The number of rotatable bonds is 19. The number of ether oxygens (including phenoxy) is 2. The minimum Gasteiger partial charge on any atom is -0.459 e. The summed E-state index contributed by atoms with van der Waals surface area (Å²) < 4.78 is 11.7. The summed E-state index contributed by atoms with van der Waals surface area (Å²) in [6.07, 6.45) is 14.6.